The number of aliphatic imine (C=N–C) groups is 1. The minimum atomic E-state index is -4.67. The Kier molecular flexibility index (Phi) is 8.34. The third-order valence-corrected chi connectivity index (χ3v) is 0.628. The topological polar surface area (TPSA) is 139 Å². The molecule has 0 aromatic rings. The van der Waals surface area contributed by atoms with Crippen LogP contribution < -0.4 is 11.5 Å². The molecule has 0 rings (SSSR count). The molecule has 0 saturated carbocycles. The molecule has 8 heteroatoms. The summed E-state index contributed by atoms with van der Waals surface area (Å²) in [6.45, 7) is 4.15. The van der Waals surface area contributed by atoms with Crippen LogP contribution in [0.5, 0.6) is 0 Å². The van der Waals surface area contributed by atoms with Crippen molar-refractivity contribution in [2.24, 2.45) is 16.5 Å². The van der Waals surface area contributed by atoms with Crippen molar-refractivity contribution in [3.8, 4) is 0 Å². The highest BCUT2D eigenvalue weighted by Gasteiger charge is 1.84. The van der Waals surface area contributed by atoms with E-state index in [1.807, 2.05) is 0 Å². The minimum Gasteiger partial charge on any atom is -0.370 e. The second-order valence-electron chi connectivity index (χ2n) is 1.83. The first-order valence-electron chi connectivity index (χ1n) is 3.13. The number of nitrogens with zero attached hydrogens (tertiary/aromatic N) is 1. The molecule has 13 heavy (non-hydrogen) atoms. The van der Waals surface area contributed by atoms with Gasteiger partial charge in [-0.1, -0.05) is 6.08 Å². The molecule has 0 aliphatic heterocycles. The Bertz CT molecular complexity index is 247. The summed E-state index contributed by atoms with van der Waals surface area (Å²) in [7, 11) is -4.67. The summed E-state index contributed by atoms with van der Waals surface area (Å²) in [6.07, 6.45) is 2.60. The van der Waals surface area contributed by atoms with Gasteiger partial charge in [0.1, 0.15) is 0 Å². The van der Waals surface area contributed by atoms with Crippen molar-refractivity contribution in [1.82, 2.24) is 0 Å². The molecular formula is C5H13N3O4S. The first kappa shape index (κ1) is 14.4. The van der Waals surface area contributed by atoms with Crippen LogP contribution in [0.2, 0.25) is 0 Å². The second-order valence-corrected chi connectivity index (χ2v) is 2.73. The van der Waals surface area contributed by atoms with E-state index in [9.17, 15) is 0 Å². The maximum Gasteiger partial charge on any atom is 0.394 e. The van der Waals surface area contributed by atoms with Crippen molar-refractivity contribution in [3.05, 3.63) is 12.7 Å². The lowest BCUT2D eigenvalue weighted by Gasteiger charge is -1.87. The molecule has 0 spiro atoms. The Morgan fingerprint density at radius 2 is 1.85 bits per heavy atom. The monoisotopic (exact) mass is 211 g/mol. The second kappa shape index (κ2) is 7.53. The van der Waals surface area contributed by atoms with E-state index >= 15 is 0 Å². The van der Waals surface area contributed by atoms with Crippen molar-refractivity contribution in [2.75, 3.05) is 6.54 Å². The van der Waals surface area contributed by atoms with Crippen LogP contribution in [-0.2, 0) is 10.4 Å². The molecule has 0 bridgehead atoms. The van der Waals surface area contributed by atoms with E-state index in [4.69, 9.17) is 29.0 Å². The molecule has 0 atom stereocenters. The Morgan fingerprint density at radius 3 is 2.08 bits per heavy atom. The van der Waals surface area contributed by atoms with E-state index in [0.717, 1.165) is 6.42 Å². The van der Waals surface area contributed by atoms with Crippen LogP contribution in [0.25, 0.3) is 0 Å². The fourth-order valence-electron chi connectivity index (χ4n) is 0.285. The van der Waals surface area contributed by atoms with Gasteiger partial charge in [0, 0.05) is 6.54 Å². The molecule has 0 radical (unpaired) electrons. The van der Waals surface area contributed by atoms with E-state index < -0.39 is 10.4 Å². The van der Waals surface area contributed by atoms with Crippen molar-refractivity contribution in [3.63, 3.8) is 0 Å². The summed E-state index contributed by atoms with van der Waals surface area (Å²) in [5.74, 6) is 0.145. The summed E-state index contributed by atoms with van der Waals surface area (Å²) in [5, 5.41) is 0. The zero-order valence-electron chi connectivity index (χ0n) is 6.92. The van der Waals surface area contributed by atoms with Crippen LogP contribution in [-0.4, -0.2) is 30.0 Å². The van der Waals surface area contributed by atoms with E-state index in [1.54, 1.807) is 6.08 Å². The van der Waals surface area contributed by atoms with Gasteiger partial charge in [0.2, 0.25) is 0 Å². The van der Waals surface area contributed by atoms with Crippen LogP contribution in [0.3, 0.4) is 0 Å². The molecule has 0 amide bonds. The molecule has 0 aromatic carbocycles. The average Bonchev–Trinajstić information content (AvgIpc) is 1.83. The molecule has 0 unspecified atom stereocenters. The summed E-state index contributed by atoms with van der Waals surface area (Å²) < 4.78 is 31.6. The molecule has 0 heterocycles. The van der Waals surface area contributed by atoms with E-state index in [-0.39, 0.29) is 5.96 Å². The Balaban J connectivity index is 0. The molecule has 0 aromatic heterocycles. The third kappa shape index (κ3) is 57.0. The maximum atomic E-state index is 8.74. The summed E-state index contributed by atoms with van der Waals surface area (Å²) in [5.41, 5.74) is 10.1. The summed E-state index contributed by atoms with van der Waals surface area (Å²) in [4.78, 5) is 3.72. The number of hydrogen-bond donors (Lipinski definition) is 4. The number of guanidine groups is 1. The average molecular weight is 211 g/mol. The van der Waals surface area contributed by atoms with Crippen LogP contribution in [0.1, 0.15) is 6.42 Å². The van der Waals surface area contributed by atoms with Gasteiger partial charge in [-0.15, -0.1) is 6.58 Å². The lowest BCUT2D eigenvalue weighted by atomic mass is 10.4. The molecule has 0 saturated heterocycles. The van der Waals surface area contributed by atoms with E-state index in [1.165, 1.54) is 0 Å². The first-order valence-corrected chi connectivity index (χ1v) is 4.53. The third-order valence-electron chi connectivity index (χ3n) is 0.628. The van der Waals surface area contributed by atoms with E-state index in [2.05, 4.69) is 11.6 Å². The van der Waals surface area contributed by atoms with Crippen molar-refractivity contribution in [2.45, 2.75) is 6.42 Å². The zero-order valence-corrected chi connectivity index (χ0v) is 7.74. The number of rotatable bonds is 3. The SMILES string of the molecule is C=CCCN=C(N)N.O=S(=O)(O)O. The molecular weight excluding hydrogens is 198 g/mol. The van der Waals surface area contributed by atoms with Gasteiger partial charge in [-0.05, 0) is 6.42 Å². The zero-order chi connectivity index (χ0) is 10.9. The van der Waals surface area contributed by atoms with Gasteiger partial charge in [0.05, 0.1) is 0 Å². The summed E-state index contributed by atoms with van der Waals surface area (Å²) >= 11 is 0. The Morgan fingerprint density at radius 1 is 1.46 bits per heavy atom. The fourth-order valence-corrected chi connectivity index (χ4v) is 0.285. The highest BCUT2D eigenvalue weighted by atomic mass is 32.3. The predicted octanol–water partition coefficient (Wildman–Crippen LogP) is -0.817. The Labute approximate surface area is 76.7 Å². The molecule has 0 fully saturated rings. The van der Waals surface area contributed by atoms with Crippen LogP contribution in [0.15, 0.2) is 17.6 Å². The predicted molar refractivity (Wildman–Crippen MR) is 49.7 cm³/mol. The van der Waals surface area contributed by atoms with Crippen molar-refractivity contribution < 1.29 is 17.5 Å². The van der Waals surface area contributed by atoms with Crippen LogP contribution in [0, 0.1) is 0 Å². The molecule has 7 nitrogen and oxygen atoms in total. The standard InChI is InChI=1S/C5H11N3.H2O4S/c1-2-3-4-8-5(6)7;1-5(2,3)4/h2H,1,3-4H2,(H4,6,7,8);(H2,1,2,3,4). The molecule has 78 valence electrons. The van der Waals surface area contributed by atoms with Gasteiger partial charge in [-0.3, -0.25) is 14.1 Å². The smallest absolute Gasteiger partial charge is 0.370 e. The van der Waals surface area contributed by atoms with Crippen LogP contribution in [0.4, 0.5) is 0 Å². The number of hydrogen-bond acceptors (Lipinski definition) is 3. The largest absolute Gasteiger partial charge is 0.394 e. The van der Waals surface area contributed by atoms with Gasteiger partial charge in [-0.2, -0.15) is 8.42 Å². The lowest BCUT2D eigenvalue weighted by molar-refractivity contribution is 0.381. The molecule has 0 aliphatic rings. The van der Waals surface area contributed by atoms with E-state index in [0.29, 0.717) is 6.54 Å². The van der Waals surface area contributed by atoms with Gasteiger partial charge < -0.3 is 11.5 Å². The molecule has 6 N–H and O–H groups in total. The van der Waals surface area contributed by atoms with Gasteiger partial charge in [0.15, 0.2) is 5.96 Å². The fraction of sp³-hybridized carbons (Fsp3) is 0.400. The van der Waals surface area contributed by atoms with Gasteiger partial charge in [0.25, 0.3) is 0 Å². The first-order chi connectivity index (χ1) is 5.77. The van der Waals surface area contributed by atoms with Crippen molar-refractivity contribution >= 4 is 16.4 Å². The van der Waals surface area contributed by atoms with Crippen molar-refractivity contribution in [1.29, 1.82) is 0 Å². The Hall–Kier alpha value is -1.12. The highest BCUT2D eigenvalue weighted by Crippen LogP contribution is 1.78. The van der Waals surface area contributed by atoms with Crippen LogP contribution >= 0.6 is 0 Å². The summed E-state index contributed by atoms with van der Waals surface area (Å²) in [6, 6.07) is 0. The lowest BCUT2D eigenvalue weighted by Crippen LogP contribution is -2.22. The minimum absolute atomic E-state index is 0.145. The van der Waals surface area contributed by atoms with Gasteiger partial charge in [-0.25, -0.2) is 0 Å². The van der Waals surface area contributed by atoms with Gasteiger partial charge >= 0.3 is 10.4 Å². The normalized spacial score (nSPS) is 9.38. The maximum absolute atomic E-state index is 8.74. The quantitative estimate of drug-likeness (QED) is 0.158. The number of nitrogens with two attached hydrogens (primary N) is 2. The molecule has 0 aliphatic carbocycles. The highest BCUT2D eigenvalue weighted by molar-refractivity contribution is 7.79.